The minimum Gasteiger partial charge on any atom is -0.363 e. The Morgan fingerprint density at radius 1 is 0.694 bits per heavy atom. The number of hydrogen-bond acceptors (Lipinski definition) is 8. The van der Waals surface area contributed by atoms with Crippen molar-refractivity contribution in [3.05, 3.63) is 0 Å². The third-order valence-corrected chi connectivity index (χ3v) is 7.17. The third-order valence-electron chi connectivity index (χ3n) is 6.92. The fourth-order valence-corrected chi connectivity index (χ4v) is 5.07. The molecule has 9 nitrogen and oxygen atoms in total. The van der Waals surface area contributed by atoms with Gasteiger partial charge in [-0.25, -0.2) is 0 Å². The summed E-state index contributed by atoms with van der Waals surface area (Å²) in [5, 5.41) is 29.4. The molecule has 0 amide bonds. The van der Waals surface area contributed by atoms with Crippen LogP contribution in [0.25, 0.3) is 0 Å². The van der Waals surface area contributed by atoms with Crippen LogP contribution in [0.3, 0.4) is 0 Å². The lowest BCUT2D eigenvalue weighted by molar-refractivity contribution is 0.298. The molecule has 10 heteroatoms. The zero-order chi connectivity index (χ0) is 25.8. The summed E-state index contributed by atoms with van der Waals surface area (Å²) in [6.07, 6.45) is 14.9. The monoisotopic (exact) mass is 523 g/mol. The van der Waals surface area contributed by atoms with Gasteiger partial charge in [-0.15, -0.1) is 12.3 Å². The summed E-state index contributed by atoms with van der Waals surface area (Å²) >= 11 is 5.74. The molecule has 0 aliphatic carbocycles. The van der Waals surface area contributed by atoms with Crippen LogP contribution in [0, 0.1) is 12.3 Å². The highest BCUT2D eigenvalue weighted by Gasteiger charge is 2.31. The van der Waals surface area contributed by atoms with Crippen LogP contribution in [-0.2, 0) is 0 Å². The molecule has 36 heavy (non-hydrogen) atoms. The van der Waals surface area contributed by atoms with Crippen molar-refractivity contribution in [1.82, 2.24) is 42.5 Å². The fraction of sp³-hybridized carbons (Fsp3) is 0.885. The highest BCUT2D eigenvalue weighted by Crippen LogP contribution is 2.08. The molecule has 0 aromatic rings. The van der Waals surface area contributed by atoms with Gasteiger partial charge in [-0.2, -0.15) is 0 Å². The van der Waals surface area contributed by atoms with Crippen molar-refractivity contribution in [2.45, 2.75) is 62.4 Å². The average Bonchev–Trinajstić information content (AvgIpc) is 2.86. The second-order valence-electron chi connectivity index (χ2n) is 10.5. The maximum absolute atomic E-state index is 6.69. The molecule has 2 bridgehead atoms. The van der Waals surface area contributed by atoms with Crippen molar-refractivity contribution in [2.24, 2.45) is 5.73 Å². The quantitative estimate of drug-likeness (QED) is 0.102. The van der Waals surface area contributed by atoms with Crippen molar-refractivity contribution in [3.8, 4) is 12.3 Å². The van der Waals surface area contributed by atoms with E-state index < -0.39 is 0 Å². The highest BCUT2D eigenvalue weighted by molar-refractivity contribution is 7.80. The van der Waals surface area contributed by atoms with Gasteiger partial charge in [-0.3, -0.25) is 0 Å². The summed E-state index contributed by atoms with van der Waals surface area (Å²) in [4.78, 5) is 0. The molecule has 3 aliphatic heterocycles. The molecule has 3 rings (SSSR count). The van der Waals surface area contributed by atoms with Crippen LogP contribution in [0.2, 0.25) is 0 Å². The van der Waals surface area contributed by atoms with Gasteiger partial charge in [-0.05, 0) is 25.1 Å². The number of nitrogens with one attached hydrogen (secondary N) is 8. The first-order valence-electron chi connectivity index (χ1n) is 14.1. The number of thiocarbonyl (C=S) groups is 1. The maximum atomic E-state index is 6.69. The summed E-state index contributed by atoms with van der Waals surface area (Å²) in [7, 11) is 0. The van der Waals surface area contributed by atoms with E-state index in [1.165, 1.54) is 32.1 Å². The molecule has 0 aromatic carbocycles. The number of nitrogens with two attached hydrogens (primary N) is 1. The van der Waals surface area contributed by atoms with Gasteiger partial charge >= 0.3 is 0 Å². The Labute approximate surface area is 225 Å². The van der Waals surface area contributed by atoms with Gasteiger partial charge in [0.15, 0.2) is 5.11 Å². The van der Waals surface area contributed by atoms with Crippen LogP contribution in [0.1, 0.15) is 51.4 Å². The lowest BCUT2D eigenvalue weighted by atomic mass is 9.98. The molecule has 0 radical (unpaired) electrons. The first kappa shape index (κ1) is 31.2. The first-order chi connectivity index (χ1) is 17.6. The van der Waals surface area contributed by atoms with Crippen LogP contribution >= 0.6 is 12.2 Å². The number of hydrogen-bond donors (Lipinski definition) is 9. The Bertz CT molecular complexity index is 581. The molecule has 3 saturated heterocycles. The number of unbranched alkanes of at least 4 members (excludes halogenated alkanes) is 7. The van der Waals surface area contributed by atoms with Gasteiger partial charge < -0.3 is 48.3 Å². The molecule has 0 unspecified atom stereocenters. The van der Waals surface area contributed by atoms with E-state index >= 15 is 0 Å². The summed E-state index contributed by atoms with van der Waals surface area (Å²) < 4.78 is 0. The Balaban J connectivity index is 1.82. The van der Waals surface area contributed by atoms with Crippen LogP contribution in [0.5, 0.6) is 0 Å². The second kappa shape index (κ2) is 19.1. The predicted octanol–water partition coefficient (Wildman–Crippen LogP) is -0.794. The van der Waals surface area contributed by atoms with Crippen LogP contribution in [0.4, 0.5) is 0 Å². The van der Waals surface area contributed by atoms with Crippen molar-refractivity contribution in [1.29, 1.82) is 0 Å². The summed E-state index contributed by atoms with van der Waals surface area (Å²) in [5.74, 6) is 2.72. The normalized spacial score (nSPS) is 26.9. The van der Waals surface area contributed by atoms with Gasteiger partial charge in [0, 0.05) is 91.5 Å². The Hall–Kier alpha value is -1.03. The number of fused-ring (bicyclic) bond motifs is 15. The van der Waals surface area contributed by atoms with E-state index in [4.69, 9.17) is 24.4 Å². The smallest absolute Gasteiger partial charge is 0.166 e. The Morgan fingerprint density at radius 2 is 1.11 bits per heavy atom. The van der Waals surface area contributed by atoms with Crippen molar-refractivity contribution >= 4 is 17.3 Å². The Morgan fingerprint density at radius 3 is 1.58 bits per heavy atom. The zero-order valence-electron chi connectivity index (χ0n) is 22.4. The SMILES string of the molecule is C#CCCCCCCCCCNC(=S)NC12CNCCNCC(N)(CNCCNC1)CNCCNC2. The summed E-state index contributed by atoms with van der Waals surface area (Å²) in [6.45, 7) is 10.9. The maximum Gasteiger partial charge on any atom is 0.166 e. The van der Waals surface area contributed by atoms with Crippen molar-refractivity contribution in [3.63, 3.8) is 0 Å². The van der Waals surface area contributed by atoms with Crippen molar-refractivity contribution < 1.29 is 0 Å². The molecular weight excluding hydrogens is 470 g/mol. The minimum atomic E-state index is -0.306. The van der Waals surface area contributed by atoms with E-state index in [1.807, 2.05) is 0 Å². The molecule has 0 spiro atoms. The number of rotatable bonds is 10. The van der Waals surface area contributed by atoms with Gasteiger partial charge in [-0.1, -0.05) is 32.1 Å². The van der Waals surface area contributed by atoms with E-state index in [-0.39, 0.29) is 11.1 Å². The van der Waals surface area contributed by atoms with Gasteiger partial charge in [0.1, 0.15) is 0 Å². The molecule has 208 valence electrons. The third kappa shape index (κ3) is 14.1. The number of terminal acetylenes is 1. The predicted molar refractivity (Wildman–Crippen MR) is 156 cm³/mol. The largest absolute Gasteiger partial charge is 0.363 e. The Kier molecular flexibility index (Phi) is 16.5. The molecule has 0 saturated carbocycles. The fourth-order valence-electron chi connectivity index (χ4n) is 4.76. The topological polar surface area (TPSA) is 122 Å². The van der Waals surface area contributed by atoms with E-state index in [1.54, 1.807) is 0 Å². The van der Waals surface area contributed by atoms with E-state index in [2.05, 4.69) is 48.5 Å². The van der Waals surface area contributed by atoms with Crippen LogP contribution < -0.4 is 48.3 Å². The lowest BCUT2D eigenvalue weighted by Gasteiger charge is -2.38. The first-order valence-corrected chi connectivity index (χ1v) is 14.5. The molecule has 10 N–H and O–H groups in total. The van der Waals surface area contributed by atoms with E-state index in [0.29, 0.717) is 0 Å². The lowest BCUT2D eigenvalue weighted by Crippen LogP contribution is -2.68. The zero-order valence-corrected chi connectivity index (χ0v) is 23.2. The molecule has 0 aromatic heterocycles. The molecular formula is C26H53N9S. The molecule has 3 aliphatic rings. The highest BCUT2D eigenvalue weighted by atomic mass is 32.1. The van der Waals surface area contributed by atoms with Crippen molar-refractivity contribution in [2.75, 3.05) is 85.1 Å². The van der Waals surface area contributed by atoms with Gasteiger partial charge in [0.25, 0.3) is 0 Å². The van der Waals surface area contributed by atoms with E-state index in [9.17, 15) is 0 Å². The molecule has 0 atom stereocenters. The minimum absolute atomic E-state index is 0.228. The van der Waals surface area contributed by atoms with Gasteiger partial charge in [0.05, 0.1) is 11.1 Å². The molecule has 3 heterocycles. The summed E-state index contributed by atoms with van der Waals surface area (Å²) in [5.41, 5.74) is 6.15. The average molecular weight is 524 g/mol. The second-order valence-corrected chi connectivity index (χ2v) is 10.9. The summed E-state index contributed by atoms with van der Waals surface area (Å²) in [6, 6.07) is 0. The van der Waals surface area contributed by atoms with Crippen LogP contribution in [-0.4, -0.2) is 101 Å². The van der Waals surface area contributed by atoms with E-state index in [0.717, 1.165) is 109 Å². The molecule has 3 fully saturated rings. The standard InChI is InChI=1S/C26H53N9S/c1-2-3-4-5-6-7-8-9-10-11-34-24(36)35-26-21-31-15-12-28-18-25(27,19-29-13-16-32-22-26)20-30-14-17-33-23-26/h1,28-33H,3-23,27H2,(H2,34,35,36). The van der Waals surface area contributed by atoms with Crippen LogP contribution in [0.15, 0.2) is 0 Å². The van der Waals surface area contributed by atoms with Gasteiger partial charge in [0.2, 0.25) is 0 Å².